The molecule has 0 spiro atoms. The van der Waals surface area contributed by atoms with Crippen LogP contribution in [0.15, 0.2) is 21.3 Å². The molecule has 0 aliphatic rings. The van der Waals surface area contributed by atoms with E-state index in [9.17, 15) is 0 Å². The van der Waals surface area contributed by atoms with Gasteiger partial charge < -0.3 is 14.3 Å². The molecule has 5 heteroatoms. The van der Waals surface area contributed by atoms with Crippen molar-refractivity contribution in [1.29, 1.82) is 0 Å². The zero-order valence-corrected chi connectivity index (χ0v) is 8.78. The molecule has 0 aliphatic carbocycles. The molecule has 80 valence electrons. The van der Waals surface area contributed by atoms with E-state index in [1.54, 1.807) is 13.2 Å². The summed E-state index contributed by atoms with van der Waals surface area (Å²) >= 11 is 0. The van der Waals surface area contributed by atoms with Crippen LogP contribution in [0.2, 0.25) is 0 Å². The fourth-order valence-corrected chi connectivity index (χ4v) is 1.29. The molecule has 5 nitrogen and oxygen atoms in total. The van der Waals surface area contributed by atoms with Crippen molar-refractivity contribution in [2.24, 2.45) is 0 Å². The van der Waals surface area contributed by atoms with Crippen LogP contribution in [0.1, 0.15) is 23.0 Å². The highest BCUT2D eigenvalue weighted by Gasteiger charge is 2.04. The van der Waals surface area contributed by atoms with Crippen LogP contribution in [0, 0.1) is 13.8 Å². The Hall–Kier alpha value is -1.62. The fraction of sp³-hybridized carbons (Fsp3) is 0.400. The zero-order chi connectivity index (χ0) is 10.7. The molecule has 15 heavy (non-hydrogen) atoms. The van der Waals surface area contributed by atoms with Gasteiger partial charge in [-0.05, 0) is 18.6 Å². The minimum atomic E-state index is 0.581. The third kappa shape index (κ3) is 2.44. The maximum absolute atomic E-state index is 5.28. The topological polar surface area (TPSA) is 64.1 Å². The number of nitrogens with zero attached hydrogens (tertiary/aromatic N) is 2. The van der Waals surface area contributed by atoms with Gasteiger partial charge in [0.2, 0.25) is 5.89 Å². The first-order valence-electron chi connectivity index (χ1n) is 4.78. The number of rotatable bonds is 4. The number of aromatic nitrogens is 2. The zero-order valence-electron chi connectivity index (χ0n) is 8.78. The van der Waals surface area contributed by atoms with Crippen LogP contribution in [0.3, 0.4) is 0 Å². The summed E-state index contributed by atoms with van der Waals surface area (Å²) in [6.07, 6.45) is 1.69. The lowest BCUT2D eigenvalue weighted by Gasteiger charge is -1.99. The summed E-state index contributed by atoms with van der Waals surface area (Å²) in [7, 11) is 0. The summed E-state index contributed by atoms with van der Waals surface area (Å²) in [6.45, 7) is 5.04. The van der Waals surface area contributed by atoms with Gasteiger partial charge >= 0.3 is 0 Å². The highest BCUT2D eigenvalue weighted by atomic mass is 16.5. The second-order valence-corrected chi connectivity index (χ2v) is 3.36. The Morgan fingerprint density at radius 1 is 1.33 bits per heavy atom. The largest absolute Gasteiger partial charge is 0.468 e. The van der Waals surface area contributed by atoms with Gasteiger partial charge in [-0.2, -0.15) is 4.98 Å². The van der Waals surface area contributed by atoms with E-state index in [1.807, 2.05) is 13.0 Å². The van der Waals surface area contributed by atoms with Gasteiger partial charge in [0.15, 0.2) is 5.82 Å². The molecule has 1 N–H and O–H groups in total. The molecule has 0 aliphatic heterocycles. The molecule has 0 radical (unpaired) electrons. The molecule has 0 saturated heterocycles. The molecule has 2 rings (SSSR count). The first-order valence-corrected chi connectivity index (χ1v) is 4.78. The van der Waals surface area contributed by atoms with Gasteiger partial charge in [-0.15, -0.1) is 0 Å². The van der Waals surface area contributed by atoms with E-state index >= 15 is 0 Å². The Bertz CT molecular complexity index is 433. The highest BCUT2D eigenvalue weighted by molar-refractivity contribution is 5.14. The molecular weight excluding hydrogens is 194 g/mol. The first kappa shape index (κ1) is 9.92. The second kappa shape index (κ2) is 4.27. The van der Waals surface area contributed by atoms with Gasteiger partial charge in [-0.25, -0.2) is 0 Å². The number of aryl methyl sites for hydroxylation is 2. The van der Waals surface area contributed by atoms with Crippen molar-refractivity contribution in [2.45, 2.75) is 26.9 Å². The molecule has 2 heterocycles. The van der Waals surface area contributed by atoms with E-state index in [-0.39, 0.29) is 0 Å². The Balaban J connectivity index is 1.83. The Morgan fingerprint density at radius 2 is 2.20 bits per heavy atom. The average molecular weight is 207 g/mol. The van der Waals surface area contributed by atoms with E-state index in [4.69, 9.17) is 8.94 Å². The smallest absolute Gasteiger partial charge is 0.223 e. The minimum Gasteiger partial charge on any atom is -0.468 e. The molecule has 0 aromatic carbocycles. The highest BCUT2D eigenvalue weighted by Crippen LogP contribution is 2.07. The second-order valence-electron chi connectivity index (χ2n) is 3.36. The van der Waals surface area contributed by atoms with Crippen molar-refractivity contribution in [3.05, 3.63) is 35.4 Å². The van der Waals surface area contributed by atoms with Crippen LogP contribution < -0.4 is 5.32 Å². The van der Waals surface area contributed by atoms with Crippen LogP contribution in [-0.4, -0.2) is 10.1 Å². The summed E-state index contributed by atoms with van der Waals surface area (Å²) in [4.78, 5) is 4.08. The predicted molar refractivity (Wildman–Crippen MR) is 53.0 cm³/mol. The SMILES string of the molecule is Cc1nc(CNCc2occc2C)no1. The third-order valence-electron chi connectivity index (χ3n) is 2.11. The molecule has 0 atom stereocenters. The van der Waals surface area contributed by atoms with Crippen LogP contribution in [0.4, 0.5) is 0 Å². The van der Waals surface area contributed by atoms with E-state index in [0.29, 0.717) is 24.8 Å². The maximum Gasteiger partial charge on any atom is 0.223 e. The standard InChI is InChI=1S/C10H13N3O2/c1-7-3-4-14-9(7)5-11-6-10-12-8(2)15-13-10/h3-4,11H,5-6H2,1-2H3. The summed E-state index contributed by atoms with van der Waals surface area (Å²) in [5.74, 6) is 2.19. The lowest BCUT2D eigenvalue weighted by Crippen LogP contribution is -2.13. The number of furan rings is 1. The predicted octanol–water partition coefficient (Wildman–Crippen LogP) is 1.57. The van der Waals surface area contributed by atoms with E-state index in [0.717, 1.165) is 11.3 Å². The monoisotopic (exact) mass is 207 g/mol. The number of hydrogen-bond acceptors (Lipinski definition) is 5. The van der Waals surface area contributed by atoms with Gasteiger partial charge in [0.1, 0.15) is 5.76 Å². The quantitative estimate of drug-likeness (QED) is 0.824. The molecule has 0 unspecified atom stereocenters. The number of nitrogens with one attached hydrogen (secondary N) is 1. The molecule has 2 aromatic heterocycles. The average Bonchev–Trinajstić information content (AvgIpc) is 2.77. The Morgan fingerprint density at radius 3 is 2.80 bits per heavy atom. The van der Waals surface area contributed by atoms with E-state index in [2.05, 4.69) is 15.5 Å². The summed E-state index contributed by atoms with van der Waals surface area (Å²) < 4.78 is 10.1. The molecular formula is C10H13N3O2. The molecule has 0 amide bonds. The third-order valence-corrected chi connectivity index (χ3v) is 2.11. The molecule has 0 fully saturated rings. The van der Waals surface area contributed by atoms with E-state index in [1.165, 1.54) is 0 Å². The van der Waals surface area contributed by atoms with Crippen molar-refractivity contribution in [1.82, 2.24) is 15.5 Å². The van der Waals surface area contributed by atoms with Crippen molar-refractivity contribution in [2.75, 3.05) is 0 Å². The Kier molecular flexibility index (Phi) is 2.82. The lowest BCUT2D eigenvalue weighted by molar-refractivity contribution is 0.384. The Labute approximate surface area is 87.5 Å². The minimum absolute atomic E-state index is 0.581. The van der Waals surface area contributed by atoms with Gasteiger partial charge in [0.05, 0.1) is 19.4 Å². The van der Waals surface area contributed by atoms with Gasteiger partial charge in [0.25, 0.3) is 0 Å². The molecule has 2 aromatic rings. The molecule has 0 saturated carbocycles. The maximum atomic E-state index is 5.28. The van der Waals surface area contributed by atoms with Gasteiger partial charge in [-0.3, -0.25) is 0 Å². The van der Waals surface area contributed by atoms with Crippen molar-refractivity contribution < 1.29 is 8.94 Å². The first-order chi connectivity index (χ1) is 7.25. The molecule has 0 bridgehead atoms. The van der Waals surface area contributed by atoms with Gasteiger partial charge in [0, 0.05) is 6.92 Å². The van der Waals surface area contributed by atoms with Crippen LogP contribution in [0.25, 0.3) is 0 Å². The van der Waals surface area contributed by atoms with Crippen molar-refractivity contribution in [3.8, 4) is 0 Å². The summed E-state index contributed by atoms with van der Waals surface area (Å²) in [5.41, 5.74) is 1.15. The summed E-state index contributed by atoms with van der Waals surface area (Å²) in [5, 5.41) is 6.96. The van der Waals surface area contributed by atoms with Crippen molar-refractivity contribution in [3.63, 3.8) is 0 Å². The normalized spacial score (nSPS) is 10.8. The van der Waals surface area contributed by atoms with E-state index < -0.39 is 0 Å². The van der Waals surface area contributed by atoms with Crippen LogP contribution in [-0.2, 0) is 13.1 Å². The van der Waals surface area contributed by atoms with Crippen molar-refractivity contribution >= 4 is 0 Å². The fourth-order valence-electron chi connectivity index (χ4n) is 1.29. The van der Waals surface area contributed by atoms with Gasteiger partial charge in [-0.1, -0.05) is 5.16 Å². The van der Waals surface area contributed by atoms with Crippen LogP contribution in [0.5, 0.6) is 0 Å². The number of hydrogen-bond donors (Lipinski definition) is 1. The lowest BCUT2D eigenvalue weighted by atomic mass is 10.3. The van der Waals surface area contributed by atoms with Crippen LogP contribution >= 0.6 is 0 Å². The summed E-state index contributed by atoms with van der Waals surface area (Å²) in [6, 6.07) is 1.94.